The Morgan fingerprint density at radius 2 is 0.889 bits per heavy atom. The molecule has 0 unspecified atom stereocenters. The molecule has 0 saturated carbocycles. The van der Waals surface area contributed by atoms with Crippen molar-refractivity contribution < 1.29 is 19.1 Å². The largest absolute Gasteiger partial charge is 0.488 e. The summed E-state index contributed by atoms with van der Waals surface area (Å²) in [5.74, 6) is 1.75. The number of rotatable bonds is 9. The summed E-state index contributed by atoms with van der Waals surface area (Å²) >= 11 is 8.74. The molecule has 0 aliphatic rings. The van der Waals surface area contributed by atoms with Crippen molar-refractivity contribution in [2.75, 3.05) is 5.33 Å². The minimum absolute atomic E-state index is 0.0702. The van der Waals surface area contributed by atoms with Crippen LogP contribution >= 0.6 is 44.2 Å². The molecule has 0 bridgehead atoms. The Labute approximate surface area is 287 Å². The minimum Gasteiger partial charge on any atom is -0.488 e. The molecule has 6 aromatic carbocycles. The summed E-state index contributed by atoms with van der Waals surface area (Å²) in [5.41, 5.74) is 3.70. The van der Waals surface area contributed by atoms with Gasteiger partial charge in [0.15, 0.2) is 11.6 Å². The average Bonchev–Trinajstić information content (AvgIpc) is 3.11. The highest BCUT2D eigenvalue weighted by molar-refractivity contribution is 9.93. The molecular weight excluding hydrogens is 760 g/mol. The van der Waals surface area contributed by atoms with Crippen LogP contribution in [0.25, 0.3) is 21.5 Å². The Morgan fingerprint density at radius 3 is 1.31 bits per heavy atom. The molecule has 0 radical (unpaired) electrons. The minimum atomic E-state index is 0.0702. The van der Waals surface area contributed by atoms with Gasteiger partial charge in [0.2, 0.25) is 0 Å². The van der Waals surface area contributed by atoms with Crippen LogP contribution in [-0.4, -0.2) is 16.9 Å². The Bertz CT molecular complexity index is 1860. The number of carbonyl (C=O) groups is 2. The number of ether oxygens (including phenoxy) is 2. The van der Waals surface area contributed by atoms with Crippen molar-refractivity contribution >= 4 is 77.3 Å². The lowest BCUT2D eigenvalue weighted by Crippen LogP contribution is -2.02. The van der Waals surface area contributed by atoms with Gasteiger partial charge in [-0.05, 0) is 53.1 Å². The molecule has 0 amide bonds. The van der Waals surface area contributed by atoms with E-state index in [1.165, 1.54) is 0 Å². The number of ketones is 2. The van der Waals surface area contributed by atoms with E-state index in [2.05, 4.69) is 44.2 Å². The Balaban J connectivity index is 0.000000194. The number of Topliss-reactive ketones (excluding diaryl/α,β-unsaturated/α-hetero) is 2. The summed E-state index contributed by atoms with van der Waals surface area (Å²) in [7, 11) is 0. The summed E-state index contributed by atoms with van der Waals surface area (Å²) in [6.07, 6.45) is 0. The summed E-state index contributed by atoms with van der Waals surface area (Å²) < 4.78 is 11.9. The van der Waals surface area contributed by atoms with Gasteiger partial charge in [0.05, 0.1) is 5.33 Å². The van der Waals surface area contributed by atoms with E-state index in [4.69, 9.17) is 9.47 Å². The second-order valence-electron chi connectivity index (χ2n) is 9.98. The van der Waals surface area contributed by atoms with E-state index in [-0.39, 0.29) is 11.6 Å². The number of fused-ring (bicyclic) bond motifs is 2. The molecule has 7 heteroatoms. The third-order valence-corrected chi connectivity index (χ3v) is 7.55. The first kappa shape index (κ1) is 34.1. The third kappa shape index (κ3) is 9.13. The van der Waals surface area contributed by atoms with Crippen LogP contribution in [0.4, 0.5) is 0 Å². The predicted octanol–water partition coefficient (Wildman–Crippen LogP) is 11.3. The van der Waals surface area contributed by atoms with Crippen LogP contribution in [0.3, 0.4) is 0 Å². The molecule has 0 aromatic heterocycles. The van der Waals surface area contributed by atoms with Gasteiger partial charge >= 0.3 is 0 Å². The molecule has 0 aliphatic heterocycles. The van der Waals surface area contributed by atoms with Crippen LogP contribution < -0.4 is 9.47 Å². The van der Waals surface area contributed by atoms with Gasteiger partial charge in [-0.1, -0.05) is 125 Å². The lowest BCUT2D eigenvalue weighted by atomic mass is 10.0. The van der Waals surface area contributed by atoms with Crippen molar-refractivity contribution in [2.24, 2.45) is 0 Å². The van der Waals surface area contributed by atoms with Gasteiger partial charge in [0.1, 0.15) is 24.7 Å². The molecule has 0 heterocycles. The van der Waals surface area contributed by atoms with Crippen LogP contribution in [0.15, 0.2) is 133 Å². The average molecular weight is 791 g/mol. The number of hydrogen-bond acceptors (Lipinski definition) is 4. The van der Waals surface area contributed by atoms with Crippen molar-refractivity contribution in [3.8, 4) is 11.5 Å². The second-order valence-corrected chi connectivity index (χ2v) is 10.5. The van der Waals surface area contributed by atoms with E-state index in [1.54, 1.807) is 6.92 Å². The van der Waals surface area contributed by atoms with E-state index in [1.807, 2.05) is 133 Å². The van der Waals surface area contributed by atoms with Crippen molar-refractivity contribution in [1.82, 2.24) is 0 Å². The van der Waals surface area contributed by atoms with Crippen molar-refractivity contribution in [1.29, 1.82) is 0 Å². The Morgan fingerprint density at radius 1 is 0.511 bits per heavy atom. The Kier molecular flexibility index (Phi) is 13.4. The quantitative estimate of drug-likeness (QED) is 0.108. The van der Waals surface area contributed by atoms with Gasteiger partial charge in [0.25, 0.3) is 0 Å². The lowest BCUT2D eigenvalue weighted by Gasteiger charge is -2.12. The van der Waals surface area contributed by atoms with Gasteiger partial charge in [-0.2, -0.15) is 0 Å². The first-order valence-electron chi connectivity index (χ1n) is 14.2. The van der Waals surface area contributed by atoms with Crippen LogP contribution in [-0.2, 0) is 13.2 Å². The maximum absolute atomic E-state index is 12.0. The highest BCUT2D eigenvalue weighted by Gasteiger charge is 2.12. The number of hydrogen-bond donors (Lipinski definition) is 0. The number of benzene rings is 6. The molecule has 0 saturated heterocycles. The van der Waals surface area contributed by atoms with Gasteiger partial charge in [-0.15, -0.1) is 0 Å². The second kappa shape index (κ2) is 17.6. The van der Waals surface area contributed by atoms with Crippen LogP contribution in [0, 0.1) is 0 Å². The van der Waals surface area contributed by atoms with Crippen molar-refractivity contribution in [3.05, 3.63) is 156 Å². The Hall–Kier alpha value is -3.78. The van der Waals surface area contributed by atoms with Crippen LogP contribution in [0.2, 0.25) is 0 Å². The lowest BCUT2D eigenvalue weighted by molar-refractivity contribution is 0.101. The molecule has 0 fully saturated rings. The fourth-order valence-corrected chi connectivity index (χ4v) is 5.19. The molecule has 6 rings (SSSR count). The molecule has 0 aliphatic carbocycles. The summed E-state index contributed by atoms with van der Waals surface area (Å²) in [6, 6.07) is 43.2. The first-order valence-corrected chi connectivity index (χ1v) is 19.0. The number of halogens is 3. The van der Waals surface area contributed by atoms with E-state index in [0.29, 0.717) is 18.5 Å². The molecular formula is C38H31Br3O4. The molecule has 6 aromatic rings. The summed E-state index contributed by atoms with van der Waals surface area (Å²) in [4.78, 5) is 23.7. The molecule has 0 spiro atoms. The maximum atomic E-state index is 12.0. The first-order chi connectivity index (χ1) is 22.0. The zero-order valence-corrected chi connectivity index (χ0v) is 29.3. The number of carbonyl (C=O) groups excluding carboxylic acids is 2. The molecule has 228 valence electrons. The monoisotopic (exact) mass is 788 g/mol. The van der Waals surface area contributed by atoms with Gasteiger partial charge < -0.3 is 9.47 Å². The normalized spacial score (nSPS) is 10.2. The smallest absolute Gasteiger partial charge is 0.173 e. The van der Waals surface area contributed by atoms with Crippen LogP contribution in [0.5, 0.6) is 11.5 Å². The standard InChI is InChI=1S/C19H15BrO2.C19H16O2.Br2/c20-12-18(21)16-10-11-19(17-9-5-4-8-15(16)17)22-13-14-6-2-1-3-7-14;1-14(20)16-11-12-19(18-10-6-5-9-17(16)18)21-13-15-7-3-2-4-8-15;1-2/h1-11H,12-13H2;2-12H,13H2,1H3;. The summed E-state index contributed by atoms with van der Waals surface area (Å²) in [6.45, 7) is 2.62. The highest BCUT2D eigenvalue weighted by atomic mass is 80.9. The molecule has 0 N–H and O–H groups in total. The van der Waals surface area contributed by atoms with Gasteiger partial charge in [-0.3, -0.25) is 9.59 Å². The fraction of sp³-hybridized carbons (Fsp3) is 0.105. The maximum Gasteiger partial charge on any atom is 0.173 e. The van der Waals surface area contributed by atoms with E-state index in [9.17, 15) is 9.59 Å². The van der Waals surface area contributed by atoms with Crippen molar-refractivity contribution in [2.45, 2.75) is 20.1 Å². The highest BCUT2D eigenvalue weighted by Crippen LogP contribution is 2.31. The molecule has 0 atom stereocenters. The van der Waals surface area contributed by atoms with E-state index >= 15 is 0 Å². The SMILES string of the molecule is BrBr.CC(=O)c1ccc(OCc2ccccc2)c2ccccc12.O=C(CBr)c1ccc(OCc2ccccc2)c2ccccc12. The molecule has 45 heavy (non-hydrogen) atoms. The van der Waals surface area contributed by atoms with Crippen LogP contribution in [0.1, 0.15) is 38.8 Å². The van der Waals surface area contributed by atoms with E-state index in [0.717, 1.165) is 55.3 Å². The predicted molar refractivity (Wildman–Crippen MR) is 195 cm³/mol. The summed E-state index contributed by atoms with van der Waals surface area (Å²) in [5, 5.41) is 4.13. The van der Waals surface area contributed by atoms with Gasteiger partial charge in [0, 0.05) is 50.2 Å². The number of alkyl halides is 1. The van der Waals surface area contributed by atoms with E-state index < -0.39 is 0 Å². The topological polar surface area (TPSA) is 52.6 Å². The van der Waals surface area contributed by atoms with Gasteiger partial charge in [-0.25, -0.2) is 0 Å². The fourth-order valence-electron chi connectivity index (χ4n) is 4.89. The zero-order valence-electron chi connectivity index (χ0n) is 24.6. The zero-order chi connectivity index (χ0) is 32.0. The third-order valence-electron chi connectivity index (χ3n) is 7.04. The molecule has 4 nitrogen and oxygen atoms in total. The van der Waals surface area contributed by atoms with Crippen molar-refractivity contribution in [3.63, 3.8) is 0 Å².